The second-order valence-corrected chi connectivity index (χ2v) is 7.85. The molecule has 2 amide bonds. The number of carbonyl (C=O) groups is 6. The Bertz CT molecular complexity index is 922. The molecular weight excluding hydrogens is 453 g/mol. The zero-order chi connectivity index (χ0) is 26.0. The average Bonchev–Trinajstić information content (AvgIpc) is 2.80. The van der Waals surface area contributed by atoms with Crippen molar-refractivity contribution in [2.75, 3.05) is 0 Å². The quantitative estimate of drug-likeness (QED) is 0.166. The minimum Gasteiger partial charge on any atom is -0.481 e. The Morgan fingerprint density at radius 1 is 1.00 bits per heavy atom. The smallest absolute Gasteiger partial charge is 0.378 e. The van der Waals surface area contributed by atoms with Crippen LogP contribution in [-0.4, -0.2) is 64.7 Å². The molecule has 0 aromatic heterocycles. The Morgan fingerprint density at radius 3 is 2.12 bits per heavy atom. The minimum atomic E-state index is -3.06. The topological polar surface area (TPSA) is 182 Å². The molecular formula is C22H28FN3O8. The molecule has 0 saturated carbocycles. The van der Waals surface area contributed by atoms with Crippen LogP contribution in [0.15, 0.2) is 30.3 Å². The third kappa shape index (κ3) is 8.70. The number of Topliss-reactive ketones (excluding diaryl/α,β-unsaturated/α-hetero) is 2. The molecule has 1 aromatic rings. The molecule has 0 bridgehead atoms. The number of nitrogens with one attached hydrogen (secondary N) is 2. The molecule has 11 nitrogen and oxygen atoms in total. The Balaban J connectivity index is 2.81. The van der Waals surface area contributed by atoms with Crippen molar-refractivity contribution in [2.24, 2.45) is 11.7 Å². The van der Waals surface area contributed by atoms with Gasteiger partial charge in [-0.2, -0.15) is 0 Å². The standard InChI is InChI=1S/C22H28FN3O8/c1-11(2)17(24)21(32)25-12(3)20(31)26-14(9-15(27)28)18(29)16(23)19(30)22(33)34-10-13-7-5-4-6-8-13/h4-8,11-12,14,16-17H,9-10,24H2,1-3H3,(H,25,32)(H,26,31)(H,27,28)/t12-,14-,16?,17-/m0/s1. The van der Waals surface area contributed by atoms with E-state index in [4.69, 9.17) is 10.8 Å². The summed E-state index contributed by atoms with van der Waals surface area (Å²) in [7, 11) is 0. The van der Waals surface area contributed by atoms with Crippen molar-refractivity contribution in [1.29, 1.82) is 0 Å². The van der Waals surface area contributed by atoms with Crippen LogP contribution in [0.25, 0.3) is 0 Å². The Kier molecular flexibility index (Phi) is 11.0. The highest BCUT2D eigenvalue weighted by Crippen LogP contribution is 2.08. The fourth-order valence-electron chi connectivity index (χ4n) is 2.58. The highest BCUT2D eigenvalue weighted by atomic mass is 19.1. The highest BCUT2D eigenvalue weighted by molar-refractivity contribution is 6.40. The van der Waals surface area contributed by atoms with Crippen molar-refractivity contribution in [3.8, 4) is 0 Å². The van der Waals surface area contributed by atoms with Gasteiger partial charge in [-0.05, 0) is 18.4 Å². The Hall–Kier alpha value is -3.67. The van der Waals surface area contributed by atoms with Gasteiger partial charge in [-0.1, -0.05) is 44.2 Å². The molecule has 1 unspecified atom stereocenters. The molecule has 5 N–H and O–H groups in total. The number of esters is 1. The van der Waals surface area contributed by atoms with E-state index in [1.54, 1.807) is 44.2 Å². The summed E-state index contributed by atoms with van der Waals surface area (Å²) in [5.41, 5.74) is 6.19. The monoisotopic (exact) mass is 481 g/mol. The normalized spacial score (nSPS) is 14.3. The first-order chi connectivity index (χ1) is 15.8. The van der Waals surface area contributed by atoms with Crippen molar-refractivity contribution < 1.29 is 43.0 Å². The second-order valence-electron chi connectivity index (χ2n) is 7.85. The van der Waals surface area contributed by atoms with E-state index in [0.717, 1.165) is 0 Å². The summed E-state index contributed by atoms with van der Waals surface area (Å²) in [6, 6.07) is 3.99. The van der Waals surface area contributed by atoms with E-state index in [1.807, 2.05) is 5.32 Å². The van der Waals surface area contributed by atoms with Gasteiger partial charge >= 0.3 is 11.9 Å². The molecule has 34 heavy (non-hydrogen) atoms. The molecule has 186 valence electrons. The number of ether oxygens (including phenoxy) is 1. The van der Waals surface area contributed by atoms with Crippen LogP contribution in [0.2, 0.25) is 0 Å². The lowest BCUT2D eigenvalue weighted by atomic mass is 10.0. The van der Waals surface area contributed by atoms with Gasteiger partial charge in [0.25, 0.3) is 5.78 Å². The summed E-state index contributed by atoms with van der Waals surface area (Å²) < 4.78 is 19.2. The summed E-state index contributed by atoms with van der Waals surface area (Å²) >= 11 is 0. The lowest BCUT2D eigenvalue weighted by molar-refractivity contribution is -0.159. The summed E-state index contributed by atoms with van der Waals surface area (Å²) in [6.45, 7) is 4.25. The van der Waals surface area contributed by atoms with Gasteiger partial charge in [-0.25, -0.2) is 9.18 Å². The highest BCUT2D eigenvalue weighted by Gasteiger charge is 2.39. The molecule has 4 atom stereocenters. The second kappa shape index (κ2) is 13.1. The minimum absolute atomic E-state index is 0.239. The summed E-state index contributed by atoms with van der Waals surface area (Å²) in [6.07, 6.45) is -4.13. The molecule has 12 heteroatoms. The number of benzene rings is 1. The van der Waals surface area contributed by atoms with Gasteiger partial charge in [0.1, 0.15) is 18.7 Å². The van der Waals surface area contributed by atoms with Crippen LogP contribution in [-0.2, 0) is 40.1 Å². The maximum Gasteiger partial charge on any atom is 0.378 e. The Labute approximate surface area is 195 Å². The zero-order valence-corrected chi connectivity index (χ0v) is 18.9. The van der Waals surface area contributed by atoms with Crippen LogP contribution >= 0.6 is 0 Å². The summed E-state index contributed by atoms with van der Waals surface area (Å²) in [4.78, 5) is 71.7. The van der Waals surface area contributed by atoms with E-state index in [0.29, 0.717) is 5.56 Å². The predicted octanol–water partition coefficient (Wildman–Crippen LogP) is -0.346. The number of halogens is 1. The SMILES string of the molecule is CC(C)[C@H](N)C(=O)N[C@@H](C)C(=O)N[C@@H](CC(=O)O)C(=O)C(F)C(=O)C(=O)OCc1ccccc1. The maximum atomic E-state index is 14.5. The van der Waals surface area contributed by atoms with Gasteiger partial charge in [0, 0.05) is 0 Å². The number of carboxylic acids is 1. The van der Waals surface area contributed by atoms with E-state index < -0.39 is 66.0 Å². The number of hydrogen-bond acceptors (Lipinski definition) is 8. The number of hydrogen-bond donors (Lipinski definition) is 4. The van der Waals surface area contributed by atoms with Gasteiger partial charge in [-0.15, -0.1) is 0 Å². The van der Waals surface area contributed by atoms with Crippen molar-refractivity contribution in [2.45, 2.75) is 58.1 Å². The van der Waals surface area contributed by atoms with Crippen LogP contribution in [0.5, 0.6) is 0 Å². The van der Waals surface area contributed by atoms with Crippen molar-refractivity contribution >= 4 is 35.3 Å². The van der Waals surface area contributed by atoms with Crippen LogP contribution in [0.1, 0.15) is 32.8 Å². The molecule has 0 aliphatic heterocycles. The first-order valence-corrected chi connectivity index (χ1v) is 10.4. The fraction of sp³-hybridized carbons (Fsp3) is 0.455. The van der Waals surface area contributed by atoms with E-state index in [2.05, 4.69) is 10.1 Å². The zero-order valence-electron chi connectivity index (χ0n) is 18.9. The molecule has 1 rings (SSSR count). The van der Waals surface area contributed by atoms with Gasteiger partial charge in [0.2, 0.25) is 18.0 Å². The number of rotatable bonds is 13. The van der Waals surface area contributed by atoms with Crippen LogP contribution < -0.4 is 16.4 Å². The number of carbonyl (C=O) groups excluding carboxylic acids is 5. The average molecular weight is 481 g/mol. The van der Waals surface area contributed by atoms with Crippen molar-refractivity contribution in [3.63, 3.8) is 0 Å². The Morgan fingerprint density at radius 2 is 1.59 bits per heavy atom. The molecule has 0 spiro atoms. The van der Waals surface area contributed by atoms with Gasteiger partial charge in [-0.3, -0.25) is 24.0 Å². The van der Waals surface area contributed by atoms with E-state index in [-0.39, 0.29) is 12.5 Å². The maximum absolute atomic E-state index is 14.5. The molecule has 1 aromatic carbocycles. The lowest BCUT2D eigenvalue weighted by Gasteiger charge is -2.22. The van der Waals surface area contributed by atoms with Crippen LogP contribution in [0.4, 0.5) is 4.39 Å². The van der Waals surface area contributed by atoms with Gasteiger partial charge in [0.15, 0.2) is 5.78 Å². The van der Waals surface area contributed by atoms with E-state index in [1.165, 1.54) is 6.92 Å². The van der Waals surface area contributed by atoms with Crippen LogP contribution in [0.3, 0.4) is 0 Å². The third-order valence-corrected chi connectivity index (χ3v) is 4.71. The van der Waals surface area contributed by atoms with Crippen molar-refractivity contribution in [3.05, 3.63) is 35.9 Å². The molecule has 0 saturated heterocycles. The molecule has 0 aliphatic rings. The number of nitrogens with two attached hydrogens (primary N) is 1. The predicted molar refractivity (Wildman–Crippen MR) is 116 cm³/mol. The molecule has 0 aliphatic carbocycles. The molecule has 0 heterocycles. The lowest BCUT2D eigenvalue weighted by Crippen LogP contribution is -2.55. The molecule has 0 radical (unpaired) electrons. The number of alkyl halides is 1. The number of carboxylic acid groups (broad SMARTS) is 1. The largest absolute Gasteiger partial charge is 0.481 e. The van der Waals surface area contributed by atoms with E-state index >= 15 is 0 Å². The number of ketones is 2. The first-order valence-electron chi connectivity index (χ1n) is 10.4. The third-order valence-electron chi connectivity index (χ3n) is 4.71. The molecule has 0 fully saturated rings. The van der Waals surface area contributed by atoms with E-state index in [9.17, 15) is 33.2 Å². The van der Waals surface area contributed by atoms with Gasteiger partial charge in [0.05, 0.1) is 12.5 Å². The number of amides is 2. The summed E-state index contributed by atoms with van der Waals surface area (Å²) in [5.74, 6) is -8.62. The first kappa shape index (κ1) is 28.4. The van der Waals surface area contributed by atoms with Crippen LogP contribution in [0, 0.1) is 5.92 Å². The number of aliphatic carboxylic acids is 1. The summed E-state index contributed by atoms with van der Waals surface area (Å²) in [5, 5.41) is 13.3. The van der Waals surface area contributed by atoms with Gasteiger partial charge < -0.3 is 26.2 Å². The fourth-order valence-corrected chi connectivity index (χ4v) is 2.58. The van der Waals surface area contributed by atoms with Crippen molar-refractivity contribution in [1.82, 2.24) is 10.6 Å².